The topological polar surface area (TPSA) is 104 Å². The average molecular weight is 532 g/mol. The minimum absolute atomic E-state index is 0.0102. The number of hydrogen-bond donors (Lipinski definition) is 1. The van der Waals surface area contributed by atoms with E-state index in [0.29, 0.717) is 16.1 Å². The number of aromatic nitrogens is 2. The Bertz CT molecular complexity index is 1040. The van der Waals surface area contributed by atoms with Crippen LogP contribution in [0.4, 0.5) is 13.2 Å². The number of amides is 1. The Labute approximate surface area is 212 Å². The van der Waals surface area contributed by atoms with Gasteiger partial charge in [0, 0.05) is 23.1 Å². The van der Waals surface area contributed by atoms with Gasteiger partial charge in [-0.15, -0.1) is 13.2 Å². The van der Waals surface area contributed by atoms with Crippen LogP contribution in [0.1, 0.15) is 50.9 Å². The van der Waals surface area contributed by atoms with Crippen molar-refractivity contribution in [2.24, 2.45) is 0 Å². The molecule has 12 heteroatoms. The Morgan fingerprint density at radius 3 is 2.00 bits per heavy atom. The quantitative estimate of drug-likeness (QED) is 0.377. The number of nitrogens with one attached hydrogen (secondary N) is 1. The fraction of sp³-hybridized carbons (Fsp3) is 0.333. The number of halogens is 4. The van der Waals surface area contributed by atoms with E-state index in [2.05, 4.69) is 24.9 Å². The molecule has 0 saturated carbocycles. The van der Waals surface area contributed by atoms with E-state index in [0.717, 1.165) is 12.1 Å². The monoisotopic (exact) mass is 531 g/mol. The average Bonchev–Trinajstić information content (AvgIpc) is 3.34. The highest BCUT2D eigenvalue weighted by Crippen LogP contribution is 2.25. The third-order valence-corrected chi connectivity index (χ3v) is 3.86. The van der Waals surface area contributed by atoms with Crippen LogP contribution in [0.25, 0.3) is 11.4 Å². The van der Waals surface area contributed by atoms with Gasteiger partial charge in [0.25, 0.3) is 5.91 Å². The van der Waals surface area contributed by atoms with Gasteiger partial charge < -0.3 is 19.3 Å². The minimum atomic E-state index is -4.76. The lowest BCUT2D eigenvalue weighted by Crippen LogP contribution is -2.22. The molecule has 1 heterocycles. The lowest BCUT2D eigenvalue weighted by atomic mass is 10.2. The number of carbonyl (C=O) groups excluding carboxylic acids is 2. The molecule has 0 atom stereocenters. The van der Waals surface area contributed by atoms with Crippen molar-refractivity contribution >= 4 is 23.5 Å². The zero-order chi connectivity index (χ0) is 27.7. The molecule has 1 aromatic heterocycles. The number of rotatable bonds is 5. The molecular formula is C24H29ClF3N3O5. The van der Waals surface area contributed by atoms with Crippen LogP contribution >= 0.6 is 11.6 Å². The van der Waals surface area contributed by atoms with E-state index >= 15 is 0 Å². The largest absolute Gasteiger partial charge is 0.573 e. The summed E-state index contributed by atoms with van der Waals surface area (Å²) in [6.07, 6.45) is -4.76. The minimum Gasteiger partial charge on any atom is -0.469 e. The lowest BCUT2D eigenvalue weighted by molar-refractivity contribution is -0.274. The van der Waals surface area contributed by atoms with Gasteiger partial charge in [0.15, 0.2) is 0 Å². The third kappa shape index (κ3) is 12.7. The number of ether oxygens (including phenoxy) is 2. The zero-order valence-corrected chi connectivity index (χ0v) is 21.5. The predicted molar refractivity (Wildman–Crippen MR) is 129 cm³/mol. The molecular weight excluding hydrogens is 503 g/mol. The SMILES string of the molecule is CC.CC.COC(C)=O.O=C(NCc1nc(-c2ccc(OC(F)(F)F)cc2)no1)c1ccc(Cl)cc1. The van der Waals surface area contributed by atoms with Crippen LogP contribution in [0, 0.1) is 0 Å². The third-order valence-electron chi connectivity index (χ3n) is 3.61. The Morgan fingerprint density at radius 2 is 1.53 bits per heavy atom. The first-order valence-corrected chi connectivity index (χ1v) is 11.2. The number of nitrogens with zero attached hydrogens (tertiary/aromatic N) is 2. The molecule has 3 aromatic rings. The molecule has 0 aliphatic rings. The van der Waals surface area contributed by atoms with Crippen LogP contribution in [-0.2, 0) is 16.1 Å². The van der Waals surface area contributed by atoms with Gasteiger partial charge in [-0.3, -0.25) is 9.59 Å². The van der Waals surface area contributed by atoms with Crippen molar-refractivity contribution < 1.29 is 36.8 Å². The maximum Gasteiger partial charge on any atom is 0.573 e. The Morgan fingerprint density at radius 1 is 1.00 bits per heavy atom. The highest BCUT2D eigenvalue weighted by atomic mass is 35.5. The first-order valence-electron chi connectivity index (χ1n) is 10.8. The summed E-state index contributed by atoms with van der Waals surface area (Å²) in [6, 6.07) is 11.3. The second kappa shape index (κ2) is 16.9. The van der Waals surface area contributed by atoms with Gasteiger partial charge in [0.05, 0.1) is 13.7 Å². The molecule has 2 aromatic carbocycles. The standard InChI is InChI=1S/C17H11ClF3N3O3.C3H6O2.2C2H6/c18-12-5-1-11(2-6-12)16(25)22-9-14-23-15(24-27-14)10-3-7-13(8-4-10)26-17(19,20)21;1-3(4)5-2;2*1-2/h1-8H,9H2,(H,22,25);1-2H3;2*1-2H3. The molecule has 1 amide bonds. The highest BCUT2D eigenvalue weighted by molar-refractivity contribution is 6.30. The summed E-state index contributed by atoms with van der Waals surface area (Å²) in [4.78, 5) is 25.7. The molecule has 0 saturated heterocycles. The number of benzene rings is 2. The molecule has 36 heavy (non-hydrogen) atoms. The first kappa shape index (κ1) is 32.4. The normalized spacial score (nSPS) is 9.72. The smallest absolute Gasteiger partial charge is 0.469 e. The van der Waals surface area contributed by atoms with E-state index in [-0.39, 0.29) is 35.9 Å². The van der Waals surface area contributed by atoms with Gasteiger partial charge in [-0.05, 0) is 48.5 Å². The zero-order valence-electron chi connectivity index (χ0n) is 20.8. The molecule has 1 N–H and O–H groups in total. The van der Waals surface area contributed by atoms with Gasteiger partial charge in [0.1, 0.15) is 5.75 Å². The number of esters is 1. The van der Waals surface area contributed by atoms with Gasteiger partial charge in [-0.1, -0.05) is 44.5 Å². The Balaban J connectivity index is 0.00000119. The van der Waals surface area contributed by atoms with Crippen LogP contribution in [0.5, 0.6) is 5.75 Å². The Hall–Kier alpha value is -3.60. The predicted octanol–water partition coefficient (Wildman–Crippen LogP) is 6.45. The Kier molecular flexibility index (Phi) is 15.2. The van der Waals surface area contributed by atoms with E-state index in [9.17, 15) is 22.8 Å². The van der Waals surface area contributed by atoms with E-state index in [1.54, 1.807) is 24.3 Å². The van der Waals surface area contributed by atoms with Crippen LogP contribution in [-0.4, -0.2) is 35.5 Å². The van der Waals surface area contributed by atoms with Crippen LogP contribution in [0.3, 0.4) is 0 Å². The van der Waals surface area contributed by atoms with Gasteiger partial charge in [0.2, 0.25) is 11.7 Å². The van der Waals surface area contributed by atoms with Crippen molar-refractivity contribution in [3.8, 4) is 17.1 Å². The van der Waals surface area contributed by atoms with Crippen molar-refractivity contribution in [1.82, 2.24) is 15.5 Å². The summed E-state index contributed by atoms with van der Waals surface area (Å²) in [7, 11) is 1.35. The van der Waals surface area contributed by atoms with Crippen molar-refractivity contribution in [3.63, 3.8) is 0 Å². The van der Waals surface area contributed by atoms with E-state index in [4.69, 9.17) is 16.1 Å². The first-order chi connectivity index (χ1) is 17.1. The number of alkyl halides is 3. The number of methoxy groups -OCH3 is 1. The fourth-order valence-electron chi connectivity index (χ4n) is 2.11. The molecule has 0 aliphatic heterocycles. The molecule has 8 nitrogen and oxygen atoms in total. The summed E-state index contributed by atoms with van der Waals surface area (Å²) < 4.78 is 49.4. The van der Waals surface area contributed by atoms with Crippen LogP contribution in [0.15, 0.2) is 53.1 Å². The van der Waals surface area contributed by atoms with Crippen molar-refractivity contribution in [2.75, 3.05) is 7.11 Å². The van der Waals surface area contributed by atoms with Crippen LogP contribution < -0.4 is 10.1 Å². The molecule has 198 valence electrons. The molecule has 3 rings (SSSR count). The van der Waals surface area contributed by atoms with Crippen molar-refractivity contribution in [1.29, 1.82) is 0 Å². The maximum atomic E-state index is 12.2. The highest BCUT2D eigenvalue weighted by Gasteiger charge is 2.31. The number of carbonyl (C=O) groups is 2. The van der Waals surface area contributed by atoms with Crippen molar-refractivity contribution in [2.45, 2.75) is 47.5 Å². The van der Waals surface area contributed by atoms with E-state index in [1.807, 2.05) is 27.7 Å². The maximum absolute atomic E-state index is 12.2. The summed E-state index contributed by atoms with van der Waals surface area (Å²) in [6.45, 7) is 9.35. The van der Waals surface area contributed by atoms with Gasteiger partial charge >= 0.3 is 12.3 Å². The molecule has 0 unspecified atom stereocenters. The molecule has 0 aliphatic carbocycles. The van der Waals surface area contributed by atoms with E-state index in [1.165, 1.54) is 26.2 Å². The molecule has 0 spiro atoms. The second-order valence-electron chi connectivity index (χ2n) is 5.97. The summed E-state index contributed by atoms with van der Waals surface area (Å²) >= 11 is 5.76. The molecule has 0 radical (unpaired) electrons. The van der Waals surface area contributed by atoms with Gasteiger partial charge in [-0.2, -0.15) is 4.98 Å². The lowest BCUT2D eigenvalue weighted by Gasteiger charge is -2.08. The summed E-state index contributed by atoms with van der Waals surface area (Å²) in [5, 5.41) is 6.86. The molecule has 0 fully saturated rings. The van der Waals surface area contributed by atoms with Crippen molar-refractivity contribution in [3.05, 3.63) is 65.0 Å². The van der Waals surface area contributed by atoms with Crippen LogP contribution in [0.2, 0.25) is 5.02 Å². The second-order valence-corrected chi connectivity index (χ2v) is 6.41. The molecule has 0 bridgehead atoms. The fourth-order valence-corrected chi connectivity index (χ4v) is 2.23. The van der Waals surface area contributed by atoms with E-state index < -0.39 is 6.36 Å². The summed E-state index contributed by atoms with van der Waals surface area (Å²) in [5.74, 6) is -0.637. The summed E-state index contributed by atoms with van der Waals surface area (Å²) in [5.41, 5.74) is 0.850. The van der Waals surface area contributed by atoms with Gasteiger partial charge in [-0.25, -0.2) is 0 Å². The number of hydrogen-bond acceptors (Lipinski definition) is 7.